The SMILES string of the molecule is Cc1c(Cl)cccc1N1C(=O)/C(=C/c2ccccc2F)N=C1c1ccc(Br)cc1. The first-order chi connectivity index (χ1) is 14.0. The van der Waals surface area contributed by atoms with Crippen molar-refractivity contribution in [2.75, 3.05) is 4.90 Å². The lowest BCUT2D eigenvalue weighted by atomic mass is 10.1. The van der Waals surface area contributed by atoms with E-state index in [2.05, 4.69) is 20.9 Å². The Morgan fingerprint density at radius 1 is 1.03 bits per heavy atom. The molecule has 0 fully saturated rings. The lowest BCUT2D eigenvalue weighted by Crippen LogP contribution is -2.33. The molecule has 0 atom stereocenters. The molecule has 0 bridgehead atoms. The molecular formula is C23H15BrClFN2O. The molecule has 1 heterocycles. The normalized spacial score (nSPS) is 15.2. The molecule has 0 saturated heterocycles. The maximum Gasteiger partial charge on any atom is 0.282 e. The highest BCUT2D eigenvalue weighted by Gasteiger charge is 2.33. The summed E-state index contributed by atoms with van der Waals surface area (Å²) in [6.45, 7) is 1.85. The minimum atomic E-state index is -0.412. The quantitative estimate of drug-likeness (QED) is 0.409. The van der Waals surface area contributed by atoms with Gasteiger partial charge in [0.2, 0.25) is 0 Å². The topological polar surface area (TPSA) is 32.7 Å². The Hall–Kier alpha value is -2.76. The molecule has 29 heavy (non-hydrogen) atoms. The van der Waals surface area contributed by atoms with Crippen LogP contribution in [-0.4, -0.2) is 11.7 Å². The summed E-state index contributed by atoms with van der Waals surface area (Å²) >= 11 is 9.71. The van der Waals surface area contributed by atoms with Crippen molar-refractivity contribution in [3.05, 3.63) is 104 Å². The van der Waals surface area contributed by atoms with Gasteiger partial charge in [0.15, 0.2) is 0 Å². The van der Waals surface area contributed by atoms with Gasteiger partial charge in [-0.1, -0.05) is 63.9 Å². The van der Waals surface area contributed by atoms with E-state index in [0.29, 0.717) is 22.1 Å². The fraction of sp³-hybridized carbons (Fsp3) is 0.0435. The third-order valence-corrected chi connectivity index (χ3v) is 5.58. The van der Waals surface area contributed by atoms with Crippen LogP contribution in [0.2, 0.25) is 5.02 Å². The zero-order valence-electron chi connectivity index (χ0n) is 15.4. The summed E-state index contributed by atoms with van der Waals surface area (Å²) in [5, 5.41) is 0.553. The van der Waals surface area contributed by atoms with E-state index in [1.54, 1.807) is 30.3 Å². The van der Waals surface area contributed by atoms with E-state index >= 15 is 0 Å². The van der Waals surface area contributed by atoms with E-state index in [-0.39, 0.29) is 11.6 Å². The van der Waals surface area contributed by atoms with Crippen LogP contribution < -0.4 is 4.90 Å². The molecule has 0 spiro atoms. The van der Waals surface area contributed by atoms with Gasteiger partial charge in [0.05, 0.1) is 5.69 Å². The van der Waals surface area contributed by atoms with Gasteiger partial charge in [-0.05, 0) is 48.9 Å². The molecule has 3 aromatic rings. The fourth-order valence-corrected chi connectivity index (χ4v) is 3.54. The van der Waals surface area contributed by atoms with Crippen LogP contribution in [0.25, 0.3) is 6.08 Å². The second kappa shape index (κ2) is 7.93. The molecule has 1 aliphatic heterocycles. The second-order valence-corrected chi connectivity index (χ2v) is 7.84. The smallest absolute Gasteiger partial charge is 0.266 e. The Morgan fingerprint density at radius 3 is 2.48 bits per heavy atom. The molecule has 0 N–H and O–H groups in total. The zero-order valence-corrected chi connectivity index (χ0v) is 17.7. The number of aliphatic imine (C=N–C) groups is 1. The standard InChI is InChI=1S/C23H15BrClFN2O/c1-14-18(25)6-4-8-21(14)28-22(15-9-11-17(24)12-10-15)27-20(23(28)29)13-16-5-2-3-7-19(16)26/h2-13H,1H3/b20-13-. The molecular weight excluding hydrogens is 455 g/mol. The Labute approximate surface area is 181 Å². The Bertz CT molecular complexity index is 1170. The van der Waals surface area contributed by atoms with Gasteiger partial charge in [0, 0.05) is 20.6 Å². The second-order valence-electron chi connectivity index (χ2n) is 6.52. The van der Waals surface area contributed by atoms with Crippen molar-refractivity contribution in [2.24, 2.45) is 4.99 Å². The van der Waals surface area contributed by atoms with E-state index in [4.69, 9.17) is 11.6 Å². The van der Waals surface area contributed by atoms with Crippen molar-refractivity contribution >= 4 is 51.0 Å². The van der Waals surface area contributed by atoms with Gasteiger partial charge < -0.3 is 0 Å². The Morgan fingerprint density at radius 2 is 1.76 bits per heavy atom. The first kappa shape index (κ1) is 19.6. The van der Waals surface area contributed by atoms with Gasteiger partial charge in [0.1, 0.15) is 17.3 Å². The monoisotopic (exact) mass is 468 g/mol. The molecule has 6 heteroatoms. The molecule has 0 saturated carbocycles. The van der Waals surface area contributed by atoms with Gasteiger partial charge >= 0.3 is 0 Å². The molecule has 1 amide bonds. The first-order valence-electron chi connectivity index (χ1n) is 8.86. The molecule has 144 valence electrons. The molecule has 3 nitrogen and oxygen atoms in total. The van der Waals surface area contributed by atoms with Gasteiger partial charge in [0.25, 0.3) is 5.91 Å². The van der Waals surface area contributed by atoms with E-state index in [1.165, 1.54) is 17.0 Å². The lowest BCUT2D eigenvalue weighted by molar-refractivity contribution is -0.113. The average molecular weight is 470 g/mol. The minimum absolute atomic E-state index is 0.160. The highest BCUT2D eigenvalue weighted by Crippen LogP contribution is 2.33. The summed E-state index contributed by atoms with van der Waals surface area (Å²) in [6.07, 6.45) is 1.47. The first-order valence-corrected chi connectivity index (χ1v) is 10.0. The van der Waals surface area contributed by atoms with Crippen LogP contribution in [0.3, 0.4) is 0 Å². The molecule has 0 aromatic heterocycles. The van der Waals surface area contributed by atoms with Gasteiger partial charge in [-0.25, -0.2) is 9.38 Å². The number of hydrogen-bond donors (Lipinski definition) is 0. The fourth-order valence-electron chi connectivity index (χ4n) is 3.11. The van der Waals surface area contributed by atoms with E-state index in [9.17, 15) is 9.18 Å². The van der Waals surface area contributed by atoms with Crippen LogP contribution in [-0.2, 0) is 4.79 Å². The van der Waals surface area contributed by atoms with Gasteiger partial charge in [-0.2, -0.15) is 0 Å². The van der Waals surface area contributed by atoms with E-state index in [1.807, 2.05) is 37.3 Å². The van der Waals surface area contributed by atoms with Crippen LogP contribution in [0.1, 0.15) is 16.7 Å². The van der Waals surface area contributed by atoms with Crippen LogP contribution in [0.4, 0.5) is 10.1 Å². The number of hydrogen-bond acceptors (Lipinski definition) is 2. The summed E-state index contributed by atoms with van der Waals surface area (Å²) in [5.41, 5.74) is 2.63. The molecule has 0 unspecified atom stereocenters. The minimum Gasteiger partial charge on any atom is -0.266 e. The highest BCUT2D eigenvalue weighted by atomic mass is 79.9. The third kappa shape index (κ3) is 3.76. The summed E-state index contributed by atoms with van der Waals surface area (Å²) in [4.78, 5) is 19.4. The number of carbonyl (C=O) groups is 1. The number of rotatable bonds is 3. The maximum atomic E-state index is 14.1. The number of carbonyl (C=O) groups excluding carboxylic acids is 1. The molecule has 3 aromatic carbocycles. The van der Waals surface area contributed by atoms with Crippen LogP contribution >= 0.6 is 27.5 Å². The van der Waals surface area contributed by atoms with E-state index < -0.39 is 5.82 Å². The average Bonchev–Trinajstić information content (AvgIpc) is 3.02. The predicted molar refractivity (Wildman–Crippen MR) is 119 cm³/mol. The molecule has 1 aliphatic rings. The van der Waals surface area contributed by atoms with E-state index in [0.717, 1.165) is 15.6 Å². The lowest BCUT2D eigenvalue weighted by Gasteiger charge is -2.21. The maximum absolute atomic E-state index is 14.1. The summed E-state index contributed by atoms with van der Waals surface area (Å²) in [6, 6.07) is 19.2. The van der Waals surface area contributed by atoms with Crippen molar-refractivity contribution in [1.82, 2.24) is 0 Å². The Balaban J connectivity index is 1.88. The van der Waals surface area contributed by atoms with Crippen LogP contribution in [0.5, 0.6) is 0 Å². The number of anilines is 1. The number of amidine groups is 1. The molecule has 0 radical (unpaired) electrons. The van der Waals surface area contributed by atoms with Gasteiger partial charge in [-0.3, -0.25) is 9.69 Å². The van der Waals surface area contributed by atoms with Gasteiger partial charge in [-0.15, -0.1) is 0 Å². The van der Waals surface area contributed by atoms with Crippen LogP contribution in [0.15, 0.2) is 81.9 Å². The summed E-state index contributed by atoms with van der Waals surface area (Å²) in [7, 11) is 0. The Kier molecular flexibility index (Phi) is 5.35. The summed E-state index contributed by atoms with van der Waals surface area (Å²) < 4.78 is 15.0. The molecule has 4 rings (SSSR count). The zero-order chi connectivity index (χ0) is 20.5. The van der Waals surface area contributed by atoms with Crippen molar-refractivity contribution in [3.8, 4) is 0 Å². The molecule has 0 aliphatic carbocycles. The largest absolute Gasteiger partial charge is 0.282 e. The van der Waals surface area contributed by atoms with Crippen LogP contribution in [0, 0.1) is 12.7 Å². The number of nitrogens with zero attached hydrogens (tertiary/aromatic N) is 2. The third-order valence-electron chi connectivity index (χ3n) is 4.64. The van der Waals surface area contributed by atoms with Crippen molar-refractivity contribution in [1.29, 1.82) is 0 Å². The number of halogens is 3. The van der Waals surface area contributed by atoms with Crippen molar-refractivity contribution in [2.45, 2.75) is 6.92 Å². The van der Waals surface area contributed by atoms with Crippen molar-refractivity contribution < 1.29 is 9.18 Å². The number of amides is 1. The summed E-state index contributed by atoms with van der Waals surface area (Å²) in [5.74, 6) is -0.280. The number of benzene rings is 3. The predicted octanol–water partition coefficient (Wildman–Crippen LogP) is 6.38. The highest BCUT2D eigenvalue weighted by molar-refractivity contribution is 9.10. The van der Waals surface area contributed by atoms with Crippen molar-refractivity contribution in [3.63, 3.8) is 0 Å².